The summed E-state index contributed by atoms with van der Waals surface area (Å²) in [5.74, 6) is 0.140. The van der Waals surface area contributed by atoms with Crippen LogP contribution >= 0.6 is 0 Å². The van der Waals surface area contributed by atoms with Crippen molar-refractivity contribution in [2.45, 2.75) is 26.7 Å². The third-order valence-electron chi connectivity index (χ3n) is 6.26. The highest BCUT2D eigenvalue weighted by Gasteiger charge is 2.22. The van der Waals surface area contributed by atoms with Gasteiger partial charge in [0.2, 0.25) is 11.8 Å². The maximum Gasteiger partial charge on any atom is 0.238 e. The number of para-hydroxylation sites is 1. The molecule has 0 bridgehead atoms. The minimum atomic E-state index is -0.0149. The van der Waals surface area contributed by atoms with Crippen molar-refractivity contribution in [1.82, 2.24) is 19.6 Å². The zero-order valence-electron chi connectivity index (χ0n) is 19.3. The fraction of sp³-hybridized carbons (Fsp3) is 0.346. The number of nitrogens with one attached hydrogen (secondary N) is 1. The van der Waals surface area contributed by atoms with Gasteiger partial charge in [-0.1, -0.05) is 30.3 Å². The first-order valence-electron chi connectivity index (χ1n) is 11.4. The number of benzene rings is 2. The number of carbonyl (C=O) groups is 2. The van der Waals surface area contributed by atoms with Crippen LogP contribution in [0.25, 0.3) is 5.69 Å². The fourth-order valence-electron chi connectivity index (χ4n) is 4.06. The monoisotopic (exact) mass is 445 g/mol. The average Bonchev–Trinajstić information content (AvgIpc) is 3.31. The van der Waals surface area contributed by atoms with Crippen LogP contribution in [0, 0.1) is 13.8 Å². The SMILES string of the molecule is Cc1cccc(NC(=O)CN2CCN(C(=O)CCc3cnn(-c4ccccc4)c3)CC2)c1C. The van der Waals surface area contributed by atoms with Gasteiger partial charge >= 0.3 is 0 Å². The molecule has 0 spiro atoms. The third-order valence-corrected chi connectivity index (χ3v) is 6.26. The molecule has 2 aromatic carbocycles. The number of hydrogen-bond donors (Lipinski definition) is 1. The summed E-state index contributed by atoms with van der Waals surface area (Å²) >= 11 is 0. The Morgan fingerprint density at radius 2 is 1.73 bits per heavy atom. The summed E-state index contributed by atoms with van der Waals surface area (Å²) in [6.07, 6.45) is 4.94. The van der Waals surface area contributed by atoms with E-state index in [0.29, 0.717) is 45.6 Å². The van der Waals surface area contributed by atoms with E-state index in [2.05, 4.69) is 15.3 Å². The third kappa shape index (κ3) is 5.87. The number of aryl methyl sites for hydroxylation is 2. The number of nitrogens with zero attached hydrogens (tertiary/aromatic N) is 4. The van der Waals surface area contributed by atoms with Crippen LogP contribution < -0.4 is 5.32 Å². The van der Waals surface area contributed by atoms with E-state index in [1.54, 1.807) is 0 Å². The quantitative estimate of drug-likeness (QED) is 0.606. The molecule has 172 valence electrons. The normalized spacial score (nSPS) is 14.3. The predicted molar refractivity (Wildman–Crippen MR) is 129 cm³/mol. The lowest BCUT2D eigenvalue weighted by molar-refractivity contribution is -0.133. The molecule has 1 fully saturated rings. The van der Waals surface area contributed by atoms with Gasteiger partial charge in [-0.15, -0.1) is 0 Å². The molecule has 7 heteroatoms. The van der Waals surface area contributed by atoms with Crippen molar-refractivity contribution in [1.29, 1.82) is 0 Å². The van der Waals surface area contributed by atoms with E-state index < -0.39 is 0 Å². The number of amides is 2. The van der Waals surface area contributed by atoms with E-state index in [1.165, 1.54) is 0 Å². The molecule has 0 atom stereocenters. The molecule has 1 N–H and O–H groups in total. The highest BCUT2D eigenvalue weighted by Crippen LogP contribution is 2.18. The Morgan fingerprint density at radius 1 is 0.970 bits per heavy atom. The van der Waals surface area contributed by atoms with Gasteiger partial charge in [-0.2, -0.15) is 5.10 Å². The molecule has 1 aromatic heterocycles. The molecule has 7 nitrogen and oxygen atoms in total. The summed E-state index contributed by atoms with van der Waals surface area (Å²) < 4.78 is 1.84. The summed E-state index contributed by atoms with van der Waals surface area (Å²) in [6, 6.07) is 15.9. The number of rotatable bonds is 7. The lowest BCUT2D eigenvalue weighted by Gasteiger charge is -2.34. The van der Waals surface area contributed by atoms with Crippen LogP contribution in [0.1, 0.15) is 23.1 Å². The summed E-state index contributed by atoms with van der Waals surface area (Å²) in [5, 5.41) is 7.42. The molecule has 4 rings (SSSR count). The van der Waals surface area contributed by atoms with Gasteiger partial charge < -0.3 is 10.2 Å². The summed E-state index contributed by atoms with van der Waals surface area (Å²) in [5.41, 5.74) is 5.18. The first-order chi connectivity index (χ1) is 16.0. The van der Waals surface area contributed by atoms with Gasteiger partial charge in [-0.3, -0.25) is 14.5 Å². The minimum absolute atomic E-state index is 0.0149. The zero-order valence-corrected chi connectivity index (χ0v) is 19.3. The van der Waals surface area contributed by atoms with Crippen LogP contribution in [0.3, 0.4) is 0 Å². The molecule has 1 aliphatic heterocycles. The molecule has 0 saturated carbocycles. The lowest BCUT2D eigenvalue weighted by atomic mass is 10.1. The van der Waals surface area contributed by atoms with Crippen molar-refractivity contribution >= 4 is 17.5 Å². The number of piperazine rings is 1. The van der Waals surface area contributed by atoms with E-state index in [1.807, 2.05) is 84.4 Å². The number of hydrogen-bond acceptors (Lipinski definition) is 4. The lowest BCUT2D eigenvalue weighted by Crippen LogP contribution is -2.50. The van der Waals surface area contributed by atoms with Crippen molar-refractivity contribution in [3.63, 3.8) is 0 Å². The molecular weight excluding hydrogens is 414 g/mol. The van der Waals surface area contributed by atoms with Crippen molar-refractivity contribution in [2.75, 3.05) is 38.0 Å². The highest BCUT2D eigenvalue weighted by molar-refractivity contribution is 5.93. The van der Waals surface area contributed by atoms with Crippen LogP contribution in [-0.2, 0) is 16.0 Å². The Morgan fingerprint density at radius 3 is 2.48 bits per heavy atom. The minimum Gasteiger partial charge on any atom is -0.340 e. The second-order valence-electron chi connectivity index (χ2n) is 8.58. The maximum atomic E-state index is 12.7. The summed E-state index contributed by atoms with van der Waals surface area (Å²) in [6.45, 7) is 7.11. The topological polar surface area (TPSA) is 70.5 Å². The standard InChI is InChI=1S/C26H31N5O2/c1-20-7-6-10-24(21(20)2)28-25(32)19-29-13-15-30(16-14-29)26(33)12-11-22-17-27-31(18-22)23-8-4-3-5-9-23/h3-10,17-18H,11-16,19H2,1-2H3,(H,28,32). The van der Waals surface area contributed by atoms with E-state index in [0.717, 1.165) is 28.1 Å². The highest BCUT2D eigenvalue weighted by atomic mass is 16.2. The van der Waals surface area contributed by atoms with Crippen molar-refractivity contribution < 1.29 is 9.59 Å². The summed E-state index contributed by atoms with van der Waals surface area (Å²) in [7, 11) is 0. The molecule has 0 aliphatic carbocycles. The first kappa shape index (κ1) is 22.7. The summed E-state index contributed by atoms with van der Waals surface area (Å²) in [4.78, 5) is 29.2. The molecule has 3 aromatic rings. The molecule has 1 saturated heterocycles. The van der Waals surface area contributed by atoms with Crippen molar-refractivity contribution in [2.24, 2.45) is 0 Å². The van der Waals surface area contributed by atoms with Gasteiger partial charge in [-0.25, -0.2) is 4.68 Å². The van der Waals surface area contributed by atoms with E-state index in [9.17, 15) is 9.59 Å². The largest absolute Gasteiger partial charge is 0.340 e. The average molecular weight is 446 g/mol. The van der Waals surface area contributed by atoms with Gasteiger partial charge in [0.1, 0.15) is 0 Å². The Hall–Kier alpha value is -3.45. The molecular formula is C26H31N5O2. The van der Waals surface area contributed by atoms with Crippen LogP contribution in [0.15, 0.2) is 60.9 Å². The Kier molecular flexibility index (Phi) is 7.19. The Labute approximate surface area is 195 Å². The smallest absolute Gasteiger partial charge is 0.238 e. The van der Waals surface area contributed by atoms with Gasteiger partial charge in [0.15, 0.2) is 0 Å². The van der Waals surface area contributed by atoms with Crippen LogP contribution in [-0.4, -0.2) is 64.1 Å². The van der Waals surface area contributed by atoms with Crippen LogP contribution in [0.4, 0.5) is 5.69 Å². The molecule has 33 heavy (non-hydrogen) atoms. The Bertz CT molecular complexity index is 1100. The second kappa shape index (κ2) is 10.4. The Balaban J connectivity index is 1.20. The number of carbonyl (C=O) groups excluding carboxylic acids is 2. The maximum absolute atomic E-state index is 12.7. The number of anilines is 1. The van der Waals surface area contributed by atoms with Gasteiger partial charge in [0.05, 0.1) is 18.4 Å². The predicted octanol–water partition coefficient (Wildman–Crippen LogP) is 3.20. The van der Waals surface area contributed by atoms with E-state index in [4.69, 9.17) is 0 Å². The van der Waals surface area contributed by atoms with Crippen LogP contribution in [0.2, 0.25) is 0 Å². The van der Waals surface area contributed by atoms with Crippen molar-refractivity contribution in [3.05, 3.63) is 77.6 Å². The van der Waals surface area contributed by atoms with Crippen LogP contribution in [0.5, 0.6) is 0 Å². The molecule has 1 aliphatic rings. The molecule has 2 heterocycles. The van der Waals surface area contributed by atoms with Gasteiger partial charge in [-0.05, 0) is 55.2 Å². The molecule has 2 amide bonds. The molecule has 0 unspecified atom stereocenters. The van der Waals surface area contributed by atoms with Crippen molar-refractivity contribution in [3.8, 4) is 5.69 Å². The second-order valence-corrected chi connectivity index (χ2v) is 8.58. The van der Waals surface area contributed by atoms with E-state index in [-0.39, 0.29) is 11.8 Å². The molecule has 0 radical (unpaired) electrons. The van der Waals surface area contributed by atoms with Gasteiger partial charge in [0, 0.05) is 44.5 Å². The van der Waals surface area contributed by atoms with E-state index >= 15 is 0 Å². The first-order valence-corrected chi connectivity index (χ1v) is 11.4. The fourth-order valence-corrected chi connectivity index (χ4v) is 4.06. The zero-order chi connectivity index (χ0) is 23.2. The number of aromatic nitrogens is 2. The van der Waals surface area contributed by atoms with Gasteiger partial charge in [0.25, 0.3) is 0 Å².